The molecule has 142 valence electrons. The SMILES string of the molecule is CC(Nc1cc(Cl)ccc1OCC1CCCO1)c1nc(C(C)(C)C)no1. The molecule has 2 aromatic rings. The molecule has 2 atom stereocenters. The van der Waals surface area contributed by atoms with Gasteiger partial charge in [-0.05, 0) is 38.0 Å². The summed E-state index contributed by atoms with van der Waals surface area (Å²) >= 11 is 6.17. The normalized spacial score (nSPS) is 18.7. The van der Waals surface area contributed by atoms with E-state index in [4.69, 9.17) is 25.6 Å². The highest BCUT2D eigenvalue weighted by Gasteiger charge is 2.24. The molecular formula is C19H26ClN3O3. The number of ether oxygens (including phenoxy) is 2. The van der Waals surface area contributed by atoms with Gasteiger partial charge in [0.1, 0.15) is 18.4 Å². The number of hydrogen-bond donors (Lipinski definition) is 1. The van der Waals surface area contributed by atoms with Crippen LogP contribution in [0.4, 0.5) is 5.69 Å². The summed E-state index contributed by atoms with van der Waals surface area (Å²) in [7, 11) is 0. The summed E-state index contributed by atoms with van der Waals surface area (Å²) in [5.41, 5.74) is 0.631. The first-order valence-corrected chi connectivity index (χ1v) is 9.35. The second-order valence-corrected chi connectivity index (χ2v) is 8.10. The molecule has 26 heavy (non-hydrogen) atoms. The lowest BCUT2D eigenvalue weighted by atomic mass is 9.96. The van der Waals surface area contributed by atoms with Gasteiger partial charge in [0.2, 0.25) is 5.89 Å². The standard InChI is InChI=1S/C19H26ClN3O3/c1-12(17-22-18(23-26-17)19(2,3)4)21-15-10-13(20)7-8-16(15)25-11-14-6-5-9-24-14/h7-8,10,12,14,21H,5-6,9,11H2,1-4H3. The topological polar surface area (TPSA) is 69.4 Å². The van der Waals surface area contributed by atoms with Crippen molar-refractivity contribution in [3.63, 3.8) is 0 Å². The minimum atomic E-state index is -0.179. The number of hydrogen-bond acceptors (Lipinski definition) is 6. The van der Waals surface area contributed by atoms with Crippen LogP contribution < -0.4 is 10.1 Å². The summed E-state index contributed by atoms with van der Waals surface area (Å²) in [4.78, 5) is 4.50. The van der Waals surface area contributed by atoms with Gasteiger partial charge >= 0.3 is 0 Å². The molecule has 0 aliphatic carbocycles. The molecule has 0 bridgehead atoms. The molecule has 0 amide bonds. The summed E-state index contributed by atoms with van der Waals surface area (Å²) in [5, 5.41) is 8.07. The lowest BCUT2D eigenvalue weighted by Gasteiger charge is -2.18. The van der Waals surface area contributed by atoms with Crippen molar-refractivity contribution in [3.05, 3.63) is 34.9 Å². The van der Waals surface area contributed by atoms with E-state index in [1.54, 1.807) is 0 Å². The average Bonchev–Trinajstić information content (AvgIpc) is 3.25. The molecule has 1 fully saturated rings. The van der Waals surface area contributed by atoms with Gasteiger partial charge in [0.25, 0.3) is 0 Å². The molecular weight excluding hydrogens is 354 g/mol. The zero-order valence-corrected chi connectivity index (χ0v) is 16.5. The van der Waals surface area contributed by atoms with Crippen LogP contribution in [0.3, 0.4) is 0 Å². The Bertz CT molecular complexity index is 736. The van der Waals surface area contributed by atoms with Crippen LogP contribution in [0.25, 0.3) is 0 Å². The van der Waals surface area contributed by atoms with Crippen LogP contribution in [0.1, 0.15) is 58.3 Å². The van der Waals surface area contributed by atoms with Gasteiger partial charge in [-0.1, -0.05) is 37.5 Å². The minimum absolute atomic E-state index is 0.154. The highest BCUT2D eigenvalue weighted by Crippen LogP contribution is 2.32. The molecule has 6 nitrogen and oxygen atoms in total. The third-order valence-corrected chi connectivity index (χ3v) is 4.48. The maximum absolute atomic E-state index is 6.17. The fourth-order valence-corrected chi connectivity index (χ4v) is 2.88. The van der Waals surface area contributed by atoms with Crippen molar-refractivity contribution in [2.75, 3.05) is 18.5 Å². The highest BCUT2D eigenvalue weighted by molar-refractivity contribution is 6.30. The van der Waals surface area contributed by atoms with Crippen molar-refractivity contribution in [2.24, 2.45) is 0 Å². The fraction of sp³-hybridized carbons (Fsp3) is 0.579. The predicted octanol–water partition coefficient (Wildman–Crippen LogP) is 4.75. The first-order valence-electron chi connectivity index (χ1n) is 8.97. The van der Waals surface area contributed by atoms with Crippen LogP contribution in [0.5, 0.6) is 5.75 Å². The molecule has 2 unspecified atom stereocenters. The molecule has 0 saturated carbocycles. The van der Waals surface area contributed by atoms with Crippen molar-refractivity contribution < 1.29 is 14.0 Å². The van der Waals surface area contributed by atoms with Crippen LogP contribution >= 0.6 is 11.6 Å². The molecule has 0 radical (unpaired) electrons. The quantitative estimate of drug-likeness (QED) is 0.780. The van der Waals surface area contributed by atoms with E-state index >= 15 is 0 Å². The zero-order valence-electron chi connectivity index (χ0n) is 15.7. The summed E-state index contributed by atoms with van der Waals surface area (Å²) < 4.78 is 17.0. The molecule has 2 heterocycles. The summed E-state index contributed by atoms with van der Waals surface area (Å²) in [6.07, 6.45) is 2.27. The molecule has 1 aliphatic heterocycles. The minimum Gasteiger partial charge on any atom is -0.489 e. The van der Waals surface area contributed by atoms with E-state index in [1.165, 1.54) is 0 Å². The number of rotatable bonds is 6. The van der Waals surface area contributed by atoms with E-state index in [2.05, 4.69) is 15.5 Å². The monoisotopic (exact) mass is 379 g/mol. The van der Waals surface area contributed by atoms with Gasteiger partial charge in [-0.3, -0.25) is 0 Å². The van der Waals surface area contributed by atoms with Gasteiger partial charge in [0.15, 0.2) is 5.82 Å². The number of nitrogens with zero attached hydrogens (tertiary/aromatic N) is 2. The van der Waals surface area contributed by atoms with Crippen LogP contribution in [0, 0.1) is 0 Å². The molecule has 1 N–H and O–H groups in total. The lowest BCUT2D eigenvalue weighted by molar-refractivity contribution is 0.0682. The van der Waals surface area contributed by atoms with E-state index in [-0.39, 0.29) is 17.6 Å². The molecule has 0 spiro atoms. The third kappa shape index (κ3) is 4.68. The average molecular weight is 380 g/mol. The molecule has 7 heteroatoms. The fourth-order valence-electron chi connectivity index (χ4n) is 2.71. The first kappa shape index (κ1) is 19.0. The molecule has 1 aromatic heterocycles. The maximum atomic E-state index is 6.17. The number of benzene rings is 1. The smallest absolute Gasteiger partial charge is 0.248 e. The van der Waals surface area contributed by atoms with Crippen LogP contribution in [-0.4, -0.2) is 29.5 Å². The Kier molecular flexibility index (Phi) is 5.73. The summed E-state index contributed by atoms with van der Waals surface area (Å²) in [6.45, 7) is 9.45. The van der Waals surface area contributed by atoms with Crippen molar-refractivity contribution in [3.8, 4) is 5.75 Å². The second-order valence-electron chi connectivity index (χ2n) is 7.66. The Morgan fingerprint density at radius 3 is 2.85 bits per heavy atom. The summed E-state index contributed by atoms with van der Waals surface area (Å²) in [5.74, 6) is 1.94. The Hall–Kier alpha value is -1.79. The summed E-state index contributed by atoms with van der Waals surface area (Å²) in [6, 6.07) is 5.33. The van der Waals surface area contributed by atoms with E-state index in [0.717, 1.165) is 30.9 Å². The predicted molar refractivity (Wildman–Crippen MR) is 101 cm³/mol. The Labute approximate surface area is 159 Å². The highest BCUT2D eigenvalue weighted by atomic mass is 35.5. The Morgan fingerprint density at radius 1 is 1.38 bits per heavy atom. The van der Waals surface area contributed by atoms with Gasteiger partial charge < -0.3 is 19.3 Å². The Balaban J connectivity index is 1.71. The zero-order chi connectivity index (χ0) is 18.7. The van der Waals surface area contributed by atoms with E-state index in [9.17, 15) is 0 Å². The van der Waals surface area contributed by atoms with Crippen LogP contribution in [-0.2, 0) is 10.2 Å². The number of halogens is 1. The molecule has 1 aromatic carbocycles. The maximum Gasteiger partial charge on any atom is 0.248 e. The number of nitrogens with one attached hydrogen (secondary N) is 1. The van der Waals surface area contributed by atoms with Gasteiger partial charge in [0, 0.05) is 17.0 Å². The second kappa shape index (κ2) is 7.84. The molecule has 1 saturated heterocycles. The van der Waals surface area contributed by atoms with Gasteiger partial charge in [0.05, 0.1) is 11.8 Å². The van der Waals surface area contributed by atoms with Crippen molar-refractivity contribution in [1.82, 2.24) is 10.1 Å². The third-order valence-electron chi connectivity index (χ3n) is 4.25. The Morgan fingerprint density at radius 2 is 2.19 bits per heavy atom. The van der Waals surface area contributed by atoms with E-state index in [0.29, 0.717) is 23.3 Å². The number of aromatic nitrogens is 2. The van der Waals surface area contributed by atoms with Crippen molar-refractivity contribution in [2.45, 2.75) is 58.1 Å². The molecule has 3 rings (SSSR count). The largest absolute Gasteiger partial charge is 0.489 e. The number of anilines is 1. The van der Waals surface area contributed by atoms with E-state index in [1.807, 2.05) is 45.9 Å². The van der Waals surface area contributed by atoms with Crippen molar-refractivity contribution in [1.29, 1.82) is 0 Å². The van der Waals surface area contributed by atoms with Crippen LogP contribution in [0.2, 0.25) is 5.02 Å². The van der Waals surface area contributed by atoms with Crippen LogP contribution in [0.15, 0.2) is 22.7 Å². The van der Waals surface area contributed by atoms with Crippen molar-refractivity contribution >= 4 is 17.3 Å². The first-order chi connectivity index (χ1) is 12.3. The lowest BCUT2D eigenvalue weighted by Crippen LogP contribution is -2.17. The van der Waals surface area contributed by atoms with Gasteiger partial charge in [-0.25, -0.2) is 0 Å². The van der Waals surface area contributed by atoms with Gasteiger partial charge in [-0.2, -0.15) is 4.98 Å². The molecule has 1 aliphatic rings. The van der Waals surface area contributed by atoms with E-state index < -0.39 is 0 Å². The van der Waals surface area contributed by atoms with Gasteiger partial charge in [-0.15, -0.1) is 0 Å².